The van der Waals surface area contributed by atoms with Crippen LogP contribution in [0.4, 0.5) is 0 Å². The van der Waals surface area contributed by atoms with Gasteiger partial charge < -0.3 is 0 Å². The molecule has 0 fully saturated rings. The topological polar surface area (TPSA) is 51.6 Å². The Balaban J connectivity index is 0.000000152. The average molecular weight is 480 g/mol. The molecule has 0 aliphatic rings. The molecule has 0 bridgehead atoms. The van der Waals surface area contributed by atoms with Crippen LogP contribution in [0.25, 0.3) is 43.6 Å². The predicted molar refractivity (Wildman–Crippen MR) is 133 cm³/mol. The number of nitrogens with zero attached hydrogens (tertiary/aromatic N) is 4. The van der Waals surface area contributed by atoms with E-state index in [4.69, 9.17) is 0 Å². The summed E-state index contributed by atoms with van der Waals surface area (Å²) in [6.07, 6.45) is 0. The summed E-state index contributed by atoms with van der Waals surface area (Å²) in [5.41, 5.74) is 8.13. The maximum Gasteiger partial charge on any atom is 2.00 e. The van der Waals surface area contributed by atoms with Crippen molar-refractivity contribution in [3.63, 3.8) is 0 Å². The first kappa shape index (κ1) is 22.8. The molecule has 0 aliphatic carbocycles. The second-order valence-electron chi connectivity index (χ2n) is 8.23. The van der Waals surface area contributed by atoms with Crippen LogP contribution in [0.3, 0.4) is 0 Å². The first-order chi connectivity index (χ1) is 15.5. The van der Waals surface area contributed by atoms with Crippen molar-refractivity contribution in [3.05, 3.63) is 95.6 Å². The summed E-state index contributed by atoms with van der Waals surface area (Å²) in [6.45, 7) is 8.03. The summed E-state index contributed by atoms with van der Waals surface area (Å²) in [5.74, 6) is 0. The molecule has 4 aromatic heterocycles. The molecule has 6 rings (SSSR count). The number of fused-ring (bicyclic) bond motifs is 6. The Morgan fingerprint density at radius 3 is 0.727 bits per heavy atom. The van der Waals surface area contributed by atoms with Crippen LogP contribution in [0.15, 0.2) is 72.8 Å². The smallest absolute Gasteiger partial charge is 0.251 e. The van der Waals surface area contributed by atoms with Crippen molar-refractivity contribution in [3.8, 4) is 0 Å². The molecule has 5 heteroatoms. The number of hydrogen-bond donors (Lipinski definition) is 0. The Morgan fingerprint density at radius 1 is 0.333 bits per heavy atom. The van der Waals surface area contributed by atoms with E-state index in [0.717, 1.165) is 66.4 Å². The van der Waals surface area contributed by atoms with Gasteiger partial charge in [0.15, 0.2) is 0 Å². The van der Waals surface area contributed by atoms with Crippen LogP contribution in [-0.2, 0) is 17.1 Å². The minimum Gasteiger partial charge on any atom is -0.251 e. The third-order valence-corrected chi connectivity index (χ3v) is 5.60. The quantitative estimate of drug-likeness (QED) is 0.177. The molecule has 4 heterocycles. The Hall–Kier alpha value is -3.40. The van der Waals surface area contributed by atoms with Gasteiger partial charge in [-0.15, -0.1) is 0 Å². The fraction of sp³-hybridized carbons (Fsp3) is 0.143. The third kappa shape index (κ3) is 4.56. The van der Waals surface area contributed by atoms with Crippen LogP contribution in [0, 0.1) is 27.7 Å². The van der Waals surface area contributed by atoms with E-state index < -0.39 is 0 Å². The third-order valence-electron chi connectivity index (χ3n) is 5.60. The molecule has 0 saturated carbocycles. The van der Waals surface area contributed by atoms with Crippen LogP contribution in [0.5, 0.6) is 0 Å². The van der Waals surface area contributed by atoms with E-state index in [-0.39, 0.29) is 17.1 Å². The molecule has 0 saturated heterocycles. The minimum absolute atomic E-state index is 0. The zero-order chi connectivity index (χ0) is 22.2. The van der Waals surface area contributed by atoms with Gasteiger partial charge in [-0.3, -0.25) is 19.9 Å². The normalized spacial score (nSPS) is 10.8. The molecule has 4 nitrogen and oxygen atoms in total. The molecular formula is C28H24CuN4+2. The molecule has 6 aromatic rings. The summed E-state index contributed by atoms with van der Waals surface area (Å²) in [7, 11) is 0. The number of pyridine rings is 4. The van der Waals surface area contributed by atoms with Gasteiger partial charge in [-0.25, -0.2) is 0 Å². The molecule has 0 N–H and O–H groups in total. The van der Waals surface area contributed by atoms with Crippen LogP contribution >= 0.6 is 0 Å². The zero-order valence-electron chi connectivity index (χ0n) is 19.0. The van der Waals surface area contributed by atoms with Crippen LogP contribution in [0.2, 0.25) is 0 Å². The zero-order valence-corrected chi connectivity index (χ0v) is 20.0. The maximum absolute atomic E-state index is 4.58. The Labute approximate surface area is 203 Å². The van der Waals surface area contributed by atoms with Gasteiger partial charge in [-0.05, 0) is 52.0 Å². The van der Waals surface area contributed by atoms with Crippen molar-refractivity contribution in [1.29, 1.82) is 0 Å². The average Bonchev–Trinajstić information content (AvgIpc) is 2.79. The molecule has 0 aliphatic heterocycles. The molecule has 0 spiro atoms. The summed E-state index contributed by atoms with van der Waals surface area (Å²) in [6, 6.07) is 24.9. The molecular weight excluding hydrogens is 456 g/mol. The predicted octanol–water partition coefficient (Wildman–Crippen LogP) is 6.80. The van der Waals surface area contributed by atoms with E-state index in [0.29, 0.717) is 0 Å². The fourth-order valence-electron chi connectivity index (χ4n) is 3.93. The van der Waals surface area contributed by atoms with E-state index >= 15 is 0 Å². The number of benzene rings is 2. The molecule has 2 aromatic carbocycles. The van der Waals surface area contributed by atoms with E-state index in [1.165, 1.54) is 0 Å². The van der Waals surface area contributed by atoms with Gasteiger partial charge in [-0.2, -0.15) is 0 Å². The summed E-state index contributed by atoms with van der Waals surface area (Å²) < 4.78 is 0. The molecule has 165 valence electrons. The molecule has 1 radical (unpaired) electrons. The van der Waals surface area contributed by atoms with Gasteiger partial charge in [0.2, 0.25) is 0 Å². The van der Waals surface area contributed by atoms with E-state index in [2.05, 4.69) is 68.5 Å². The Morgan fingerprint density at radius 2 is 0.515 bits per heavy atom. The van der Waals surface area contributed by atoms with Crippen LogP contribution < -0.4 is 0 Å². The van der Waals surface area contributed by atoms with E-state index in [1.54, 1.807) is 0 Å². The molecule has 33 heavy (non-hydrogen) atoms. The van der Waals surface area contributed by atoms with Crippen molar-refractivity contribution >= 4 is 43.6 Å². The largest absolute Gasteiger partial charge is 2.00 e. The van der Waals surface area contributed by atoms with Crippen LogP contribution in [0.1, 0.15) is 22.8 Å². The van der Waals surface area contributed by atoms with Gasteiger partial charge >= 0.3 is 17.1 Å². The standard InChI is InChI=1S/2C14H12N2.Cu/c2*1-9-3-5-11-7-8-12-6-4-10(2)16-14(12)13(11)15-9;/h2*3-8H,1-2H3;/q;;+2. The van der Waals surface area contributed by atoms with Crippen molar-refractivity contribution in [2.75, 3.05) is 0 Å². The Bertz CT molecular complexity index is 1380. The van der Waals surface area contributed by atoms with Gasteiger partial charge in [0.1, 0.15) is 0 Å². The van der Waals surface area contributed by atoms with E-state index in [9.17, 15) is 0 Å². The fourth-order valence-corrected chi connectivity index (χ4v) is 3.93. The molecule has 0 amide bonds. The number of hydrogen-bond acceptors (Lipinski definition) is 4. The second kappa shape index (κ2) is 9.22. The SMILES string of the molecule is Cc1ccc2ccc3ccc(C)nc3c2n1.Cc1ccc2ccc3ccc(C)nc3c2n1.[Cu+2]. The number of rotatable bonds is 0. The van der Waals surface area contributed by atoms with Crippen molar-refractivity contribution in [2.45, 2.75) is 27.7 Å². The van der Waals surface area contributed by atoms with E-state index in [1.807, 2.05) is 52.0 Å². The molecule has 0 atom stereocenters. The first-order valence-electron chi connectivity index (χ1n) is 10.8. The maximum atomic E-state index is 4.58. The van der Waals surface area contributed by atoms with Gasteiger partial charge in [0.05, 0.1) is 22.1 Å². The summed E-state index contributed by atoms with van der Waals surface area (Å²) in [5, 5.41) is 4.60. The second-order valence-corrected chi connectivity index (χ2v) is 8.23. The van der Waals surface area contributed by atoms with Crippen molar-refractivity contribution in [2.24, 2.45) is 0 Å². The minimum atomic E-state index is 0. The number of aromatic nitrogens is 4. The van der Waals surface area contributed by atoms with Gasteiger partial charge in [0.25, 0.3) is 0 Å². The molecule has 0 unspecified atom stereocenters. The van der Waals surface area contributed by atoms with Gasteiger partial charge in [0, 0.05) is 44.3 Å². The first-order valence-corrected chi connectivity index (χ1v) is 10.8. The van der Waals surface area contributed by atoms with Crippen LogP contribution in [-0.4, -0.2) is 19.9 Å². The monoisotopic (exact) mass is 479 g/mol. The number of aryl methyl sites for hydroxylation is 4. The Kier molecular flexibility index (Phi) is 6.37. The van der Waals surface area contributed by atoms with Gasteiger partial charge in [-0.1, -0.05) is 48.5 Å². The summed E-state index contributed by atoms with van der Waals surface area (Å²) in [4.78, 5) is 18.3. The van der Waals surface area contributed by atoms with Crippen molar-refractivity contribution < 1.29 is 17.1 Å². The summed E-state index contributed by atoms with van der Waals surface area (Å²) >= 11 is 0. The van der Waals surface area contributed by atoms with Crippen molar-refractivity contribution in [1.82, 2.24) is 19.9 Å².